The molecule has 0 N–H and O–H groups in total. The van der Waals surface area contributed by atoms with Crippen LogP contribution >= 0.6 is 11.3 Å². The van der Waals surface area contributed by atoms with Gasteiger partial charge in [0.05, 0.1) is 0 Å². The normalized spacial score (nSPS) is 10.2. The Morgan fingerprint density at radius 1 is 1.20 bits per heavy atom. The van der Waals surface area contributed by atoms with Crippen molar-refractivity contribution >= 4 is 11.3 Å². The summed E-state index contributed by atoms with van der Waals surface area (Å²) in [6.45, 7) is -0.336. The van der Waals surface area contributed by atoms with E-state index in [2.05, 4.69) is 6.07 Å². The fourth-order valence-electron chi connectivity index (χ4n) is 1.34. The van der Waals surface area contributed by atoms with Crippen LogP contribution in [-0.4, -0.2) is 13.3 Å². The van der Waals surface area contributed by atoms with E-state index in [0.29, 0.717) is 0 Å². The minimum atomic E-state index is -0.455. The summed E-state index contributed by atoms with van der Waals surface area (Å²) in [5, 5.41) is 2.03. The molecule has 1 aromatic carbocycles. The molecule has 0 aliphatic carbocycles. The molecule has 3 heteroatoms. The van der Waals surface area contributed by atoms with Gasteiger partial charge in [-0.15, -0.1) is 11.3 Å². The van der Waals surface area contributed by atoms with Crippen LogP contribution in [0.5, 0.6) is 5.75 Å². The van der Waals surface area contributed by atoms with Gasteiger partial charge >= 0.3 is 0 Å². The molecular weight excluding hydrogens is 211 g/mol. The Morgan fingerprint density at radius 3 is 2.87 bits per heavy atom. The third-order valence-electron chi connectivity index (χ3n) is 1.99. The van der Waals surface area contributed by atoms with E-state index < -0.39 is 6.67 Å². The SMILES string of the molecule is FCCOc1cccc(-c2cccs2)c1. The summed E-state index contributed by atoms with van der Waals surface area (Å²) in [5.41, 5.74) is 1.11. The maximum atomic E-state index is 11.9. The number of rotatable bonds is 4. The molecule has 0 atom stereocenters. The van der Waals surface area contributed by atoms with Gasteiger partial charge in [0.1, 0.15) is 19.0 Å². The molecule has 0 radical (unpaired) electrons. The summed E-state index contributed by atoms with van der Waals surface area (Å²) >= 11 is 1.68. The molecule has 2 rings (SSSR count). The van der Waals surface area contributed by atoms with Crippen LogP contribution in [0, 0.1) is 0 Å². The Hall–Kier alpha value is -1.35. The molecule has 2 aromatic rings. The topological polar surface area (TPSA) is 9.23 Å². The summed E-state index contributed by atoms with van der Waals surface area (Å²) in [7, 11) is 0. The highest BCUT2D eigenvalue weighted by Gasteiger charge is 2.00. The molecule has 0 bridgehead atoms. The van der Waals surface area contributed by atoms with Crippen molar-refractivity contribution in [2.75, 3.05) is 13.3 Å². The number of alkyl halides is 1. The maximum absolute atomic E-state index is 11.9. The van der Waals surface area contributed by atoms with E-state index >= 15 is 0 Å². The first kappa shape index (κ1) is 10.2. The van der Waals surface area contributed by atoms with Gasteiger partial charge in [0.25, 0.3) is 0 Å². The first-order valence-electron chi connectivity index (χ1n) is 4.73. The summed E-state index contributed by atoms with van der Waals surface area (Å²) in [6, 6.07) is 11.8. The molecule has 0 spiro atoms. The van der Waals surface area contributed by atoms with Crippen LogP contribution in [0.1, 0.15) is 0 Å². The lowest BCUT2D eigenvalue weighted by atomic mass is 10.2. The third kappa shape index (κ3) is 2.57. The van der Waals surface area contributed by atoms with E-state index in [0.717, 1.165) is 11.3 Å². The number of ether oxygens (including phenoxy) is 1. The lowest BCUT2D eigenvalue weighted by Gasteiger charge is -2.04. The zero-order valence-electron chi connectivity index (χ0n) is 8.15. The highest BCUT2D eigenvalue weighted by atomic mass is 32.1. The second-order valence-corrected chi connectivity index (χ2v) is 3.99. The van der Waals surface area contributed by atoms with E-state index in [9.17, 15) is 4.39 Å². The lowest BCUT2D eigenvalue weighted by Crippen LogP contribution is -1.98. The Bertz CT molecular complexity index is 411. The number of hydrogen-bond donors (Lipinski definition) is 0. The summed E-state index contributed by atoms with van der Waals surface area (Å²) < 4.78 is 17.2. The van der Waals surface area contributed by atoms with Crippen molar-refractivity contribution in [2.24, 2.45) is 0 Å². The molecule has 1 nitrogen and oxygen atoms in total. The smallest absolute Gasteiger partial charge is 0.123 e. The predicted molar refractivity (Wildman–Crippen MR) is 61.2 cm³/mol. The van der Waals surface area contributed by atoms with Crippen LogP contribution in [0.15, 0.2) is 41.8 Å². The van der Waals surface area contributed by atoms with Crippen molar-refractivity contribution in [1.29, 1.82) is 0 Å². The molecule has 1 heterocycles. The van der Waals surface area contributed by atoms with Crippen LogP contribution in [0.2, 0.25) is 0 Å². The van der Waals surface area contributed by atoms with Crippen molar-refractivity contribution in [3.63, 3.8) is 0 Å². The molecule has 0 aliphatic heterocycles. The largest absolute Gasteiger partial charge is 0.491 e. The quantitative estimate of drug-likeness (QED) is 0.765. The fraction of sp³-hybridized carbons (Fsp3) is 0.167. The zero-order chi connectivity index (χ0) is 10.5. The van der Waals surface area contributed by atoms with Crippen LogP contribution in [-0.2, 0) is 0 Å². The van der Waals surface area contributed by atoms with E-state index in [1.807, 2.05) is 35.7 Å². The highest BCUT2D eigenvalue weighted by molar-refractivity contribution is 7.13. The Morgan fingerprint density at radius 2 is 2.13 bits per heavy atom. The minimum Gasteiger partial charge on any atom is -0.491 e. The van der Waals surface area contributed by atoms with Crippen molar-refractivity contribution in [1.82, 2.24) is 0 Å². The van der Waals surface area contributed by atoms with Gasteiger partial charge in [-0.3, -0.25) is 0 Å². The van der Waals surface area contributed by atoms with Crippen molar-refractivity contribution < 1.29 is 9.13 Å². The average Bonchev–Trinajstić information content (AvgIpc) is 2.80. The Labute approximate surface area is 92.1 Å². The summed E-state index contributed by atoms with van der Waals surface area (Å²) in [6.07, 6.45) is 0. The van der Waals surface area contributed by atoms with Gasteiger partial charge in [-0.05, 0) is 29.1 Å². The molecule has 15 heavy (non-hydrogen) atoms. The molecule has 78 valence electrons. The number of hydrogen-bond acceptors (Lipinski definition) is 2. The molecule has 0 unspecified atom stereocenters. The average molecular weight is 222 g/mol. The van der Waals surface area contributed by atoms with E-state index in [4.69, 9.17) is 4.74 Å². The second-order valence-electron chi connectivity index (χ2n) is 3.04. The standard InChI is InChI=1S/C12H11FOS/c13-6-7-14-11-4-1-3-10(9-11)12-5-2-8-15-12/h1-5,8-9H,6-7H2. The summed E-state index contributed by atoms with van der Waals surface area (Å²) in [4.78, 5) is 1.20. The van der Waals surface area contributed by atoms with E-state index in [1.165, 1.54) is 4.88 Å². The van der Waals surface area contributed by atoms with E-state index in [-0.39, 0.29) is 6.61 Å². The van der Waals surface area contributed by atoms with Crippen molar-refractivity contribution in [2.45, 2.75) is 0 Å². The molecule has 0 fully saturated rings. The summed E-state index contributed by atoms with van der Waals surface area (Å²) in [5.74, 6) is 0.721. The van der Waals surface area contributed by atoms with Gasteiger partial charge in [0.15, 0.2) is 0 Å². The van der Waals surface area contributed by atoms with Gasteiger partial charge in [0, 0.05) is 4.88 Å². The van der Waals surface area contributed by atoms with Gasteiger partial charge in [-0.2, -0.15) is 0 Å². The number of halogens is 1. The van der Waals surface area contributed by atoms with Gasteiger partial charge < -0.3 is 4.74 Å². The number of thiophene rings is 1. The van der Waals surface area contributed by atoms with Crippen molar-refractivity contribution in [3.05, 3.63) is 41.8 Å². The molecule has 0 aliphatic rings. The van der Waals surface area contributed by atoms with Crippen LogP contribution in [0.3, 0.4) is 0 Å². The molecule has 1 aromatic heterocycles. The van der Waals surface area contributed by atoms with Gasteiger partial charge in [-0.1, -0.05) is 18.2 Å². The van der Waals surface area contributed by atoms with Crippen LogP contribution in [0.25, 0.3) is 10.4 Å². The van der Waals surface area contributed by atoms with E-state index in [1.54, 1.807) is 11.3 Å². The second kappa shape index (κ2) is 4.94. The third-order valence-corrected chi connectivity index (χ3v) is 2.90. The Balaban J connectivity index is 2.19. The lowest BCUT2D eigenvalue weighted by molar-refractivity contribution is 0.273. The van der Waals surface area contributed by atoms with Gasteiger partial charge in [0.2, 0.25) is 0 Å². The van der Waals surface area contributed by atoms with Gasteiger partial charge in [-0.25, -0.2) is 4.39 Å². The highest BCUT2D eigenvalue weighted by Crippen LogP contribution is 2.27. The van der Waals surface area contributed by atoms with Crippen LogP contribution < -0.4 is 4.74 Å². The van der Waals surface area contributed by atoms with Crippen LogP contribution in [0.4, 0.5) is 4.39 Å². The Kier molecular flexibility index (Phi) is 3.35. The zero-order valence-corrected chi connectivity index (χ0v) is 8.97. The molecule has 0 saturated carbocycles. The minimum absolute atomic E-state index is 0.119. The first-order valence-corrected chi connectivity index (χ1v) is 5.61. The molecule has 0 amide bonds. The van der Waals surface area contributed by atoms with Crippen molar-refractivity contribution in [3.8, 4) is 16.2 Å². The molecular formula is C12H11FOS. The monoisotopic (exact) mass is 222 g/mol. The first-order chi connectivity index (χ1) is 7.40. The maximum Gasteiger partial charge on any atom is 0.123 e. The fourth-order valence-corrected chi connectivity index (χ4v) is 2.06. The predicted octanol–water partition coefficient (Wildman–Crippen LogP) is 3.76. The number of benzene rings is 1. The molecule has 0 saturated heterocycles.